The zero-order chi connectivity index (χ0) is 19.4. The minimum Gasteiger partial charge on any atom is -0.466 e. The van der Waals surface area contributed by atoms with Crippen molar-refractivity contribution in [1.29, 1.82) is 0 Å². The largest absolute Gasteiger partial charge is 0.466 e. The van der Waals surface area contributed by atoms with Crippen LogP contribution in [0.4, 0.5) is 0 Å². The Bertz CT molecular complexity index is 839. The molecule has 1 saturated carbocycles. The van der Waals surface area contributed by atoms with Gasteiger partial charge < -0.3 is 9.47 Å². The lowest BCUT2D eigenvalue weighted by Gasteiger charge is -2.16. The lowest BCUT2D eigenvalue weighted by atomic mass is 9.93. The Labute approximate surface area is 162 Å². The van der Waals surface area contributed by atoms with Crippen molar-refractivity contribution < 1.29 is 24.3 Å². The van der Waals surface area contributed by atoms with Crippen LogP contribution in [0.3, 0.4) is 0 Å². The monoisotopic (exact) mass is 389 g/mol. The Morgan fingerprint density at radius 1 is 1.22 bits per heavy atom. The van der Waals surface area contributed by atoms with Gasteiger partial charge in [-0.05, 0) is 55.7 Å². The molecular formula is C20H20ClNO5. The van der Waals surface area contributed by atoms with Crippen molar-refractivity contribution in [1.82, 2.24) is 5.48 Å². The molecule has 3 rings (SSSR count). The minimum absolute atomic E-state index is 0.237. The summed E-state index contributed by atoms with van der Waals surface area (Å²) < 4.78 is 10.9. The number of hydrogen-bond acceptors (Lipinski definition) is 5. The van der Waals surface area contributed by atoms with Crippen LogP contribution in [0.25, 0.3) is 0 Å². The number of hydrogen-bond donors (Lipinski definition) is 2. The Balaban J connectivity index is 1.72. The Kier molecular flexibility index (Phi) is 5.68. The molecule has 2 aromatic carbocycles. The van der Waals surface area contributed by atoms with E-state index >= 15 is 0 Å². The molecule has 142 valence electrons. The standard InChI is InChI=1S/C20H20ClNO5/c1-2-26-19(24)20(12-17(20)18(23)22-25)11-13-6-8-15(9-7-13)27-16-5-3-4-14(21)10-16/h3-10,17,25H,2,11-12H2,1H3,(H,22,23). The molecule has 7 heteroatoms. The smallest absolute Gasteiger partial charge is 0.313 e. The second kappa shape index (κ2) is 7.98. The van der Waals surface area contributed by atoms with E-state index in [1.807, 2.05) is 12.1 Å². The van der Waals surface area contributed by atoms with E-state index in [9.17, 15) is 9.59 Å². The average molecular weight is 390 g/mol. The van der Waals surface area contributed by atoms with Gasteiger partial charge in [-0.3, -0.25) is 14.8 Å². The van der Waals surface area contributed by atoms with E-state index in [1.165, 1.54) is 0 Å². The second-order valence-corrected chi connectivity index (χ2v) is 6.93. The first-order valence-electron chi connectivity index (χ1n) is 8.62. The summed E-state index contributed by atoms with van der Waals surface area (Å²) in [7, 11) is 0. The molecule has 6 nitrogen and oxygen atoms in total. The van der Waals surface area contributed by atoms with Gasteiger partial charge in [-0.2, -0.15) is 0 Å². The van der Waals surface area contributed by atoms with E-state index in [0.717, 1.165) is 5.56 Å². The fourth-order valence-corrected chi connectivity index (χ4v) is 3.38. The Morgan fingerprint density at radius 2 is 1.96 bits per heavy atom. The van der Waals surface area contributed by atoms with E-state index < -0.39 is 23.2 Å². The van der Waals surface area contributed by atoms with Crippen LogP contribution in [0.1, 0.15) is 18.9 Å². The zero-order valence-corrected chi connectivity index (χ0v) is 15.5. The molecule has 1 aliphatic rings. The molecule has 2 aromatic rings. The highest BCUT2D eigenvalue weighted by atomic mass is 35.5. The molecule has 0 bridgehead atoms. The molecule has 0 heterocycles. The first-order valence-corrected chi connectivity index (χ1v) is 9.00. The van der Waals surface area contributed by atoms with E-state index in [4.69, 9.17) is 26.3 Å². The van der Waals surface area contributed by atoms with Crippen molar-refractivity contribution in [2.24, 2.45) is 11.3 Å². The molecule has 0 spiro atoms. The summed E-state index contributed by atoms with van der Waals surface area (Å²) >= 11 is 5.95. The summed E-state index contributed by atoms with van der Waals surface area (Å²) in [5.41, 5.74) is 1.57. The van der Waals surface area contributed by atoms with Crippen molar-refractivity contribution in [2.45, 2.75) is 19.8 Å². The quantitative estimate of drug-likeness (QED) is 0.428. The summed E-state index contributed by atoms with van der Waals surface area (Å²) in [4.78, 5) is 24.2. The van der Waals surface area contributed by atoms with E-state index in [2.05, 4.69) is 0 Å². The number of nitrogens with one attached hydrogen (secondary N) is 1. The third-order valence-corrected chi connectivity index (χ3v) is 4.89. The topological polar surface area (TPSA) is 84.9 Å². The number of benzene rings is 2. The van der Waals surface area contributed by atoms with Crippen molar-refractivity contribution in [2.75, 3.05) is 6.61 Å². The maximum Gasteiger partial charge on any atom is 0.313 e. The number of halogens is 1. The van der Waals surface area contributed by atoms with E-state index in [1.54, 1.807) is 48.8 Å². The fraction of sp³-hybridized carbons (Fsp3) is 0.300. The van der Waals surface area contributed by atoms with Crippen LogP contribution in [0, 0.1) is 11.3 Å². The van der Waals surface area contributed by atoms with E-state index in [0.29, 0.717) is 29.4 Å². The minimum atomic E-state index is -0.932. The first-order chi connectivity index (χ1) is 13.0. The van der Waals surface area contributed by atoms with Gasteiger partial charge in [0.25, 0.3) is 0 Å². The molecule has 1 amide bonds. The van der Waals surface area contributed by atoms with Crippen LogP contribution in [-0.2, 0) is 20.7 Å². The van der Waals surface area contributed by atoms with Crippen LogP contribution in [0.5, 0.6) is 11.5 Å². The van der Waals surface area contributed by atoms with Gasteiger partial charge in [-0.1, -0.05) is 29.8 Å². The summed E-state index contributed by atoms with van der Waals surface area (Å²) in [6.45, 7) is 1.96. The highest BCUT2D eigenvalue weighted by molar-refractivity contribution is 6.30. The van der Waals surface area contributed by atoms with Gasteiger partial charge >= 0.3 is 5.97 Å². The lowest BCUT2D eigenvalue weighted by molar-refractivity contribution is -0.152. The molecule has 2 N–H and O–H groups in total. The van der Waals surface area contributed by atoms with Crippen molar-refractivity contribution >= 4 is 23.5 Å². The number of rotatable bonds is 7. The predicted molar refractivity (Wildman–Crippen MR) is 98.8 cm³/mol. The number of amides is 1. The molecule has 2 atom stereocenters. The maximum atomic E-state index is 12.4. The lowest BCUT2D eigenvalue weighted by Crippen LogP contribution is -2.30. The third kappa shape index (κ3) is 4.23. The van der Waals surface area contributed by atoms with Crippen molar-refractivity contribution in [3.05, 3.63) is 59.1 Å². The Morgan fingerprint density at radius 3 is 2.59 bits per heavy atom. The van der Waals surface area contributed by atoms with Gasteiger partial charge in [0.2, 0.25) is 5.91 Å². The molecule has 1 aliphatic carbocycles. The Hall–Kier alpha value is -2.57. The number of carbonyl (C=O) groups is 2. The van der Waals surface area contributed by atoms with Crippen molar-refractivity contribution in [3.63, 3.8) is 0 Å². The third-order valence-electron chi connectivity index (χ3n) is 4.66. The van der Waals surface area contributed by atoms with Gasteiger partial charge in [0.05, 0.1) is 17.9 Å². The molecule has 0 saturated heterocycles. The molecule has 2 unspecified atom stereocenters. The molecule has 27 heavy (non-hydrogen) atoms. The molecule has 1 fully saturated rings. The number of ether oxygens (including phenoxy) is 2. The van der Waals surface area contributed by atoms with Crippen LogP contribution in [0.2, 0.25) is 5.02 Å². The van der Waals surface area contributed by atoms with Gasteiger partial charge in [0.1, 0.15) is 11.5 Å². The summed E-state index contributed by atoms with van der Waals surface area (Å²) in [5, 5.41) is 9.46. The highest BCUT2D eigenvalue weighted by Crippen LogP contribution is 2.56. The second-order valence-electron chi connectivity index (χ2n) is 6.49. The van der Waals surface area contributed by atoms with Crippen LogP contribution in [0.15, 0.2) is 48.5 Å². The number of esters is 1. The van der Waals surface area contributed by atoms with Gasteiger partial charge in [-0.25, -0.2) is 5.48 Å². The predicted octanol–water partition coefficient (Wildman–Crippen LogP) is 3.75. The van der Waals surface area contributed by atoms with Crippen LogP contribution in [-0.4, -0.2) is 23.7 Å². The summed E-state index contributed by atoms with van der Waals surface area (Å²) in [5.74, 6) is -0.322. The first kappa shape index (κ1) is 19.2. The summed E-state index contributed by atoms with van der Waals surface area (Å²) in [6.07, 6.45) is 0.695. The van der Waals surface area contributed by atoms with Crippen LogP contribution >= 0.6 is 11.6 Å². The van der Waals surface area contributed by atoms with Gasteiger partial charge in [0, 0.05) is 5.02 Å². The summed E-state index contributed by atoms with van der Waals surface area (Å²) in [6, 6.07) is 14.3. The molecule has 0 aliphatic heterocycles. The van der Waals surface area contributed by atoms with E-state index in [-0.39, 0.29) is 6.61 Å². The van der Waals surface area contributed by atoms with Crippen molar-refractivity contribution in [3.8, 4) is 11.5 Å². The zero-order valence-electron chi connectivity index (χ0n) is 14.8. The molecule has 0 radical (unpaired) electrons. The number of hydroxylamine groups is 1. The highest BCUT2D eigenvalue weighted by Gasteiger charge is 2.64. The molecule has 0 aromatic heterocycles. The SMILES string of the molecule is CCOC(=O)C1(Cc2ccc(Oc3cccc(Cl)c3)cc2)CC1C(=O)NO. The van der Waals surface area contributed by atoms with Crippen LogP contribution < -0.4 is 10.2 Å². The number of carbonyl (C=O) groups excluding carboxylic acids is 2. The van der Waals surface area contributed by atoms with Gasteiger partial charge in [-0.15, -0.1) is 0 Å². The average Bonchev–Trinajstić information content (AvgIpc) is 3.38. The normalized spacial score (nSPS) is 20.6. The molecular weight excluding hydrogens is 370 g/mol. The maximum absolute atomic E-state index is 12.4. The van der Waals surface area contributed by atoms with Gasteiger partial charge in [0.15, 0.2) is 0 Å². The fourth-order valence-electron chi connectivity index (χ4n) is 3.20.